The lowest BCUT2D eigenvalue weighted by atomic mass is 9.92. The van der Waals surface area contributed by atoms with Gasteiger partial charge in [-0.2, -0.15) is 0 Å². The lowest BCUT2D eigenvalue weighted by Crippen LogP contribution is -2.43. The van der Waals surface area contributed by atoms with Crippen LogP contribution in [0.5, 0.6) is 0 Å². The lowest BCUT2D eigenvalue weighted by molar-refractivity contribution is -0.141. The molecule has 1 aromatic carbocycles. The van der Waals surface area contributed by atoms with Gasteiger partial charge in [-0.25, -0.2) is 4.79 Å². The highest BCUT2D eigenvalue weighted by molar-refractivity contribution is 7.13. The van der Waals surface area contributed by atoms with Crippen LogP contribution in [0.25, 0.3) is 21.4 Å². The van der Waals surface area contributed by atoms with Crippen LogP contribution in [-0.2, 0) is 14.4 Å². The number of rotatable bonds is 6. The topological polar surface area (TPSA) is 105 Å². The molecule has 166 valence electrons. The number of carbonyl (C=O) groups excluding carboxylic acids is 2. The van der Waals surface area contributed by atoms with Crippen molar-refractivity contribution in [3.05, 3.63) is 57.3 Å². The summed E-state index contributed by atoms with van der Waals surface area (Å²) >= 11 is 1.53. The number of carboxylic acids is 1. The molecule has 2 aromatic heterocycles. The SMILES string of the molecule is Cc1ccsc1-c1cc(=O)oc2cc(C(C=O)C(=O)N3CCC[C@H](CC(=O)O)C3)ccc12. The number of likely N-dealkylation sites (tertiary alicyclic amines) is 1. The van der Waals surface area contributed by atoms with E-state index < -0.39 is 17.5 Å². The van der Waals surface area contributed by atoms with E-state index in [9.17, 15) is 19.2 Å². The molecule has 1 aliphatic heterocycles. The van der Waals surface area contributed by atoms with Crippen LogP contribution in [0.4, 0.5) is 0 Å². The van der Waals surface area contributed by atoms with Crippen molar-refractivity contribution in [3.63, 3.8) is 0 Å². The zero-order chi connectivity index (χ0) is 22.8. The van der Waals surface area contributed by atoms with Crippen LogP contribution in [0.2, 0.25) is 0 Å². The van der Waals surface area contributed by atoms with E-state index >= 15 is 0 Å². The molecule has 1 fully saturated rings. The van der Waals surface area contributed by atoms with Crippen LogP contribution in [0.1, 0.15) is 36.3 Å². The summed E-state index contributed by atoms with van der Waals surface area (Å²) in [6, 6.07) is 8.50. The summed E-state index contributed by atoms with van der Waals surface area (Å²) in [5, 5.41) is 11.7. The number of thiophene rings is 1. The Kier molecular flexibility index (Phi) is 6.23. The first-order valence-corrected chi connectivity index (χ1v) is 11.3. The summed E-state index contributed by atoms with van der Waals surface area (Å²) in [4.78, 5) is 50.8. The van der Waals surface area contributed by atoms with Crippen LogP contribution in [-0.4, -0.2) is 41.3 Å². The van der Waals surface area contributed by atoms with Crippen LogP contribution in [0.3, 0.4) is 0 Å². The van der Waals surface area contributed by atoms with E-state index in [-0.39, 0.29) is 18.2 Å². The summed E-state index contributed by atoms with van der Waals surface area (Å²) < 4.78 is 5.40. The molecule has 2 atom stereocenters. The van der Waals surface area contributed by atoms with Gasteiger partial charge in [-0.15, -0.1) is 11.3 Å². The van der Waals surface area contributed by atoms with Gasteiger partial charge in [0.15, 0.2) is 0 Å². The number of benzene rings is 1. The molecular formula is C24H23NO6S. The Labute approximate surface area is 188 Å². The largest absolute Gasteiger partial charge is 0.481 e. The Balaban J connectivity index is 1.67. The molecule has 0 radical (unpaired) electrons. The number of piperidine rings is 1. The number of carbonyl (C=O) groups is 3. The van der Waals surface area contributed by atoms with Crippen LogP contribution < -0.4 is 5.63 Å². The average molecular weight is 454 g/mol. The van der Waals surface area contributed by atoms with E-state index in [2.05, 4.69) is 0 Å². The van der Waals surface area contributed by atoms with Gasteiger partial charge in [-0.05, 0) is 54.3 Å². The molecule has 1 N–H and O–H groups in total. The van der Waals surface area contributed by atoms with E-state index in [1.807, 2.05) is 18.4 Å². The standard InChI is InChI=1S/C24H23NO6S/c1-14-6-8-32-23(14)18-11-22(29)31-20-10-16(4-5-17(18)20)19(13-26)24(30)25-7-2-3-15(12-25)9-21(27)28/h4-6,8,10-11,13,15,19H,2-3,7,9,12H2,1H3,(H,27,28)/t15-,19?/m1/s1. The second kappa shape index (κ2) is 9.08. The van der Waals surface area contributed by atoms with Crippen LogP contribution in [0.15, 0.2) is 44.9 Å². The van der Waals surface area contributed by atoms with Crippen molar-refractivity contribution in [2.45, 2.75) is 32.1 Å². The normalized spacial score (nSPS) is 17.3. The average Bonchev–Trinajstić information content (AvgIpc) is 3.18. The lowest BCUT2D eigenvalue weighted by Gasteiger charge is -2.33. The van der Waals surface area contributed by atoms with Crippen molar-refractivity contribution in [1.82, 2.24) is 4.90 Å². The first-order valence-electron chi connectivity index (χ1n) is 10.5. The van der Waals surface area contributed by atoms with Crippen molar-refractivity contribution >= 4 is 40.5 Å². The fraction of sp³-hybridized carbons (Fsp3) is 0.333. The third-order valence-corrected chi connectivity index (χ3v) is 6.98. The van der Waals surface area contributed by atoms with E-state index in [0.29, 0.717) is 36.9 Å². The maximum atomic E-state index is 13.1. The van der Waals surface area contributed by atoms with Gasteiger partial charge in [0, 0.05) is 41.4 Å². The molecule has 32 heavy (non-hydrogen) atoms. The second-order valence-electron chi connectivity index (χ2n) is 8.17. The van der Waals surface area contributed by atoms with Crippen molar-refractivity contribution < 1.29 is 23.9 Å². The predicted molar refractivity (Wildman–Crippen MR) is 121 cm³/mol. The molecule has 7 nitrogen and oxygen atoms in total. The minimum atomic E-state index is -1.04. The highest BCUT2D eigenvalue weighted by Crippen LogP contribution is 2.35. The monoisotopic (exact) mass is 453 g/mol. The Morgan fingerprint density at radius 2 is 2.12 bits per heavy atom. The van der Waals surface area contributed by atoms with Gasteiger partial charge >= 0.3 is 11.6 Å². The number of nitrogens with zero attached hydrogens (tertiary/aromatic N) is 1. The van der Waals surface area contributed by atoms with Gasteiger partial charge in [0.25, 0.3) is 0 Å². The summed E-state index contributed by atoms with van der Waals surface area (Å²) in [6.07, 6.45) is 2.04. The fourth-order valence-corrected chi connectivity index (χ4v) is 5.32. The second-order valence-corrected chi connectivity index (χ2v) is 9.09. The number of aryl methyl sites for hydroxylation is 1. The molecule has 0 bridgehead atoms. The molecule has 1 aliphatic rings. The van der Waals surface area contributed by atoms with Gasteiger partial charge in [0.2, 0.25) is 5.91 Å². The van der Waals surface area contributed by atoms with Crippen molar-refractivity contribution in [2.75, 3.05) is 13.1 Å². The molecule has 8 heteroatoms. The Morgan fingerprint density at radius 3 is 2.81 bits per heavy atom. The summed E-state index contributed by atoms with van der Waals surface area (Å²) in [5.41, 5.74) is 2.07. The number of aliphatic carboxylic acids is 1. The number of carboxylic acid groups (broad SMARTS) is 1. The molecule has 0 aliphatic carbocycles. The third kappa shape index (κ3) is 4.36. The van der Waals surface area contributed by atoms with Crippen LogP contribution >= 0.6 is 11.3 Å². The Hall–Kier alpha value is -3.26. The molecule has 3 aromatic rings. The minimum Gasteiger partial charge on any atom is -0.481 e. The molecule has 1 unspecified atom stereocenters. The molecule has 0 saturated carbocycles. The summed E-state index contributed by atoms with van der Waals surface area (Å²) in [5.74, 6) is -2.41. The first kappa shape index (κ1) is 22.0. The molecule has 1 saturated heterocycles. The van der Waals surface area contributed by atoms with Gasteiger partial charge in [-0.1, -0.05) is 12.1 Å². The van der Waals surface area contributed by atoms with E-state index in [0.717, 1.165) is 27.8 Å². The zero-order valence-electron chi connectivity index (χ0n) is 17.6. The number of hydrogen-bond donors (Lipinski definition) is 1. The van der Waals surface area contributed by atoms with E-state index in [1.165, 1.54) is 17.4 Å². The number of fused-ring (bicyclic) bond motifs is 1. The van der Waals surface area contributed by atoms with Gasteiger partial charge in [0.1, 0.15) is 17.8 Å². The van der Waals surface area contributed by atoms with E-state index in [1.54, 1.807) is 23.1 Å². The molecule has 4 rings (SSSR count). The van der Waals surface area contributed by atoms with Gasteiger partial charge in [-0.3, -0.25) is 9.59 Å². The molecule has 0 spiro atoms. The fourth-order valence-electron chi connectivity index (χ4n) is 4.36. The summed E-state index contributed by atoms with van der Waals surface area (Å²) in [7, 11) is 0. The Morgan fingerprint density at radius 1 is 1.31 bits per heavy atom. The highest BCUT2D eigenvalue weighted by atomic mass is 32.1. The van der Waals surface area contributed by atoms with Gasteiger partial charge < -0.3 is 19.2 Å². The van der Waals surface area contributed by atoms with Gasteiger partial charge in [0.05, 0.1) is 0 Å². The zero-order valence-corrected chi connectivity index (χ0v) is 18.4. The number of amides is 1. The maximum Gasteiger partial charge on any atom is 0.336 e. The first-order chi connectivity index (χ1) is 15.4. The quantitative estimate of drug-likeness (QED) is 0.346. The predicted octanol–water partition coefficient (Wildman–Crippen LogP) is 3.83. The molecular weight excluding hydrogens is 430 g/mol. The van der Waals surface area contributed by atoms with Crippen molar-refractivity contribution in [2.24, 2.45) is 5.92 Å². The number of hydrogen-bond acceptors (Lipinski definition) is 6. The van der Waals surface area contributed by atoms with E-state index in [4.69, 9.17) is 9.52 Å². The minimum absolute atomic E-state index is 0.00157. The highest BCUT2D eigenvalue weighted by Gasteiger charge is 2.31. The van der Waals surface area contributed by atoms with Crippen molar-refractivity contribution in [1.29, 1.82) is 0 Å². The smallest absolute Gasteiger partial charge is 0.336 e. The number of aldehydes is 1. The molecule has 3 heterocycles. The summed E-state index contributed by atoms with van der Waals surface area (Å²) in [6.45, 7) is 2.78. The maximum absolute atomic E-state index is 13.1. The Bertz CT molecular complexity index is 1240. The third-order valence-electron chi connectivity index (χ3n) is 5.93. The van der Waals surface area contributed by atoms with Crippen molar-refractivity contribution in [3.8, 4) is 10.4 Å². The molecule has 1 amide bonds. The van der Waals surface area contributed by atoms with Crippen LogP contribution in [0, 0.1) is 12.8 Å².